The fourth-order valence-electron chi connectivity index (χ4n) is 3.77. The molecule has 0 atom stereocenters. The molecule has 1 aromatic carbocycles. The zero-order valence-electron chi connectivity index (χ0n) is 16.3. The summed E-state index contributed by atoms with van der Waals surface area (Å²) in [6, 6.07) is 10.2. The van der Waals surface area contributed by atoms with E-state index in [9.17, 15) is 4.39 Å². The van der Waals surface area contributed by atoms with E-state index in [1.165, 1.54) is 25.0 Å². The van der Waals surface area contributed by atoms with Crippen LogP contribution in [0.2, 0.25) is 0 Å². The molecule has 2 aromatic rings. The Kier molecular flexibility index (Phi) is 5.19. The van der Waals surface area contributed by atoms with E-state index in [2.05, 4.69) is 20.5 Å². The topological polar surface area (TPSA) is 97.1 Å². The van der Waals surface area contributed by atoms with Crippen molar-refractivity contribution in [3.05, 3.63) is 47.8 Å². The number of hydrogen-bond donors (Lipinski definition) is 4. The first-order valence-corrected chi connectivity index (χ1v) is 9.68. The summed E-state index contributed by atoms with van der Waals surface area (Å²) in [7, 11) is 1.79. The van der Waals surface area contributed by atoms with Crippen molar-refractivity contribution in [3.63, 3.8) is 0 Å². The molecular formula is C21H25FN6O. The van der Waals surface area contributed by atoms with E-state index < -0.39 is 0 Å². The normalized spacial score (nSPS) is 17.4. The van der Waals surface area contributed by atoms with Crippen LogP contribution >= 0.6 is 0 Å². The molecule has 2 aliphatic rings. The Labute approximate surface area is 169 Å². The predicted octanol–water partition coefficient (Wildman–Crippen LogP) is 3.49. The van der Waals surface area contributed by atoms with Crippen LogP contribution in [0.4, 0.5) is 21.7 Å². The number of amidine groups is 1. The van der Waals surface area contributed by atoms with E-state index in [1.807, 2.05) is 12.1 Å². The lowest BCUT2D eigenvalue weighted by atomic mass is 9.88. The Morgan fingerprint density at radius 2 is 1.97 bits per heavy atom. The molecule has 1 saturated heterocycles. The molecule has 8 heteroatoms. The molecule has 29 heavy (non-hydrogen) atoms. The average Bonchev–Trinajstić information content (AvgIpc) is 3.53. The zero-order chi connectivity index (χ0) is 20.4. The van der Waals surface area contributed by atoms with Gasteiger partial charge in [-0.25, -0.2) is 9.37 Å². The van der Waals surface area contributed by atoms with Crippen LogP contribution < -0.4 is 15.5 Å². The van der Waals surface area contributed by atoms with Crippen molar-refractivity contribution in [3.8, 4) is 0 Å². The Balaban J connectivity index is 1.51. The summed E-state index contributed by atoms with van der Waals surface area (Å²) < 4.78 is 18.9. The molecule has 2 fully saturated rings. The number of pyridine rings is 1. The van der Waals surface area contributed by atoms with Gasteiger partial charge in [0.2, 0.25) is 0 Å². The highest BCUT2D eigenvalue weighted by atomic mass is 19.1. The second kappa shape index (κ2) is 7.79. The molecule has 0 spiro atoms. The number of methoxy groups -OCH3 is 1. The molecule has 4 N–H and O–H groups in total. The van der Waals surface area contributed by atoms with E-state index in [1.54, 1.807) is 19.2 Å². The number of benzene rings is 1. The van der Waals surface area contributed by atoms with Gasteiger partial charge in [0.05, 0.1) is 6.21 Å². The summed E-state index contributed by atoms with van der Waals surface area (Å²) in [5.41, 5.74) is 1.87. The van der Waals surface area contributed by atoms with Crippen molar-refractivity contribution >= 4 is 29.4 Å². The minimum atomic E-state index is -0.263. The summed E-state index contributed by atoms with van der Waals surface area (Å²) in [6.45, 7) is 2.16. The molecule has 0 bridgehead atoms. The van der Waals surface area contributed by atoms with Crippen LogP contribution in [0.15, 0.2) is 36.4 Å². The van der Waals surface area contributed by atoms with Crippen molar-refractivity contribution < 1.29 is 9.13 Å². The average molecular weight is 396 g/mol. The van der Waals surface area contributed by atoms with Gasteiger partial charge in [-0.15, -0.1) is 0 Å². The van der Waals surface area contributed by atoms with Crippen LogP contribution in [0.1, 0.15) is 18.4 Å². The Hall–Kier alpha value is -3.00. The van der Waals surface area contributed by atoms with Gasteiger partial charge in [0, 0.05) is 44.6 Å². The van der Waals surface area contributed by atoms with Crippen molar-refractivity contribution in [2.75, 3.05) is 35.7 Å². The highest BCUT2D eigenvalue weighted by molar-refractivity contribution is 6.32. The third-order valence-corrected chi connectivity index (χ3v) is 5.61. The minimum Gasteiger partial charge on any atom is -0.374 e. The smallest absolute Gasteiger partial charge is 0.141 e. The van der Waals surface area contributed by atoms with E-state index in [-0.39, 0.29) is 17.3 Å². The van der Waals surface area contributed by atoms with Crippen molar-refractivity contribution in [2.24, 2.45) is 5.92 Å². The summed E-state index contributed by atoms with van der Waals surface area (Å²) in [4.78, 5) is 6.74. The Morgan fingerprint density at radius 1 is 1.28 bits per heavy atom. The van der Waals surface area contributed by atoms with Crippen LogP contribution in [-0.2, 0) is 11.3 Å². The maximum Gasteiger partial charge on any atom is 0.141 e. The standard InChI is InChI=1S/C21H25FN6O/c1-29-21(15-4-5-15)12-28(13-21)17-8-19(27-20(9-17)26-18(24)10-23)25-11-14-2-6-16(22)7-3-14/h2-3,6-10,15,23H,4-5,11-13H2,1H3,(H3,24,25,26,27). The van der Waals surface area contributed by atoms with Crippen LogP contribution in [0.5, 0.6) is 0 Å². The fraction of sp³-hybridized carbons (Fsp3) is 0.381. The number of nitrogens with one attached hydrogen (secondary N) is 4. The molecule has 1 aromatic heterocycles. The molecule has 1 saturated carbocycles. The lowest BCUT2D eigenvalue weighted by Gasteiger charge is -2.51. The minimum absolute atomic E-state index is 0.0352. The summed E-state index contributed by atoms with van der Waals surface area (Å²) in [5.74, 6) is 1.49. The second-order valence-corrected chi connectivity index (χ2v) is 7.66. The maximum atomic E-state index is 13.1. The lowest BCUT2D eigenvalue weighted by Crippen LogP contribution is -2.64. The summed E-state index contributed by atoms with van der Waals surface area (Å²) in [5, 5.41) is 21.0. The predicted molar refractivity (Wildman–Crippen MR) is 113 cm³/mol. The van der Waals surface area contributed by atoms with Gasteiger partial charge in [-0.05, 0) is 36.5 Å². The van der Waals surface area contributed by atoms with E-state index >= 15 is 0 Å². The molecule has 0 amide bonds. The van der Waals surface area contributed by atoms with Gasteiger partial charge in [-0.2, -0.15) is 0 Å². The first-order valence-electron chi connectivity index (χ1n) is 9.68. The first-order chi connectivity index (χ1) is 14.0. The van der Waals surface area contributed by atoms with Gasteiger partial charge < -0.3 is 25.7 Å². The molecule has 1 aliphatic heterocycles. The second-order valence-electron chi connectivity index (χ2n) is 7.66. The van der Waals surface area contributed by atoms with Crippen molar-refractivity contribution in [2.45, 2.75) is 25.0 Å². The highest BCUT2D eigenvalue weighted by Crippen LogP contribution is 2.48. The van der Waals surface area contributed by atoms with Gasteiger partial charge in [0.15, 0.2) is 0 Å². The fourth-order valence-corrected chi connectivity index (χ4v) is 3.77. The van der Waals surface area contributed by atoms with Gasteiger partial charge in [-0.1, -0.05) is 12.1 Å². The highest BCUT2D eigenvalue weighted by Gasteiger charge is 2.53. The number of ether oxygens (including phenoxy) is 1. The van der Waals surface area contributed by atoms with Crippen LogP contribution in [0, 0.1) is 22.6 Å². The molecule has 4 rings (SSSR count). The van der Waals surface area contributed by atoms with E-state index in [0.29, 0.717) is 24.1 Å². The maximum absolute atomic E-state index is 13.1. The zero-order valence-corrected chi connectivity index (χ0v) is 16.3. The van der Waals surface area contributed by atoms with E-state index in [4.69, 9.17) is 15.6 Å². The molecule has 0 unspecified atom stereocenters. The number of rotatable bonds is 8. The molecular weight excluding hydrogens is 371 g/mol. The summed E-state index contributed by atoms with van der Waals surface area (Å²) in [6.07, 6.45) is 3.39. The Morgan fingerprint density at radius 3 is 2.59 bits per heavy atom. The lowest BCUT2D eigenvalue weighted by molar-refractivity contribution is -0.0510. The molecule has 0 radical (unpaired) electrons. The number of anilines is 3. The Bertz CT molecular complexity index is 906. The van der Waals surface area contributed by atoms with Crippen molar-refractivity contribution in [1.82, 2.24) is 4.98 Å². The van der Waals surface area contributed by atoms with Gasteiger partial charge in [0.25, 0.3) is 0 Å². The molecule has 152 valence electrons. The summed E-state index contributed by atoms with van der Waals surface area (Å²) >= 11 is 0. The number of aromatic nitrogens is 1. The SMILES string of the molecule is COC1(C2CC2)CN(c2cc(NCc3ccc(F)cc3)nc(NC(=N)C=N)c2)C1. The molecule has 7 nitrogen and oxygen atoms in total. The quantitative estimate of drug-likeness (QED) is 0.405. The third-order valence-electron chi connectivity index (χ3n) is 5.61. The van der Waals surface area contributed by atoms with E-state index in [0.717, 1.165) is 30.6 Å². The van der Waals surface area contributed by atoms with Crippen LogP contribution in [0.25, 0.3) is 0 Å². The van der Waals surface area contributed by atoms with Crippen LogP contribution in [0.3, 0.4) is 0 Å². The number of halogens is 1. The van der Waals surface area contributed by atoms with Crippen molar-refractivity contribution in [1.29, 1.82) is 10.8 Å². The largest absolute Gasteiger partial charge is 0.374 e. The first kappa shape index (κ1) is 19.3. The monoisotopic (exact) mass is 396 g/mol. The van der Waals surface area contributed by atoms with Gasteiger partial charge in [0.1, 0.15) is 28.9 Å². The van der Waals surface area contributed by atoms with Gasteiger partial charge in [-0.3, -0.25) is 5.41 Å². The van der Waals surface area contributed by atoms with Gasteiger partial charge >= 0.3 is 0 Å². The van der Waals surface area contributed by atoms with Crippen LogP contribution in [-0.4, -0.2) is 42.8 Å². The molecule has 1 aliphatic carbocycles. The number of hydrogen-bond acceptors (Lipinski definition) is 6. The molecule has 2 heterocycles. The number of nitrogens with zero attached hydrogens (tertiary/aromatic N) is 2. The third kappa shape index (κ3) is 4.22.